The molecule has 1 aliphatic carbocycles. The number of pyridine rings is 1. The molecule has 0 amide bonds. The average molecular weight is 563 g/mol. The van der Waals surface area contributed by atoms with Crippen LogP contribution in [0.3, 0.4) is 0 Å². The van der Waals surface area contributed by atoms with Gasteiger partial charge in [-0.2, -0.15) is 5.26 Å². The number of hydrogen-bond acceptors (Lipinski definition) is 2. The molecular formula is C40H26N4. The Labute approximate surface area is 255 Å². The van der Waals surface area contributed by atoms with Crippen LogP contribution >= 0.6 is 0 Å². The average Bonchev–Trinajstić information content (AvgIpc) is 3.51. The molecule has 2 heterocycles. The van der Waals surface area contributed by atoms with Crippen molar-refractivity contribution in [1.29, 1.82) is 5.26 Å². The van der Waals surface area contributed by atoms with Crippen LogP contribution in [0.1, 0.15) is 30.7 Å². The highest BCUT2D eigenvalue weighted by atomic mass is 15.0. The van der Waals surface area contributed by atoms with Crippen molar-refractivity contribution in [3.63, 3.8) is 0 Å². The minimum Gasteiger partial charge on any atom is -0.319 e. The van der Waals surface area contributed by atoms with Gasteiger partial charge in [-0.15, -0.1) is 0 Å². The summed E-state index contributed by atoms with van der Waals surface area (Å²) in [6.07, 6.45) is 1.73. The zero-order chi connectivity index (χ0) is 30.0. The first-order valence-electron chi connectivity index (χ1n) is 14.6. The van der Waals surface area contributed by atoms with Gasteiger partial charge in [-0.1, -0.05) is 92.7 Å². The number of nitrogens with zero attached hydrogens (tertiary/aromatic N) is 4. The molecule has 206 valence electrons. The predicted octanol–water partition coefficient (Wildman–Crippen LogP) is 10.2. The first-order valence-corrected chi connectivity index (χ1v) is 14.6. The Hall–Kier alpha value is -5.97. The minimum absolute atomic E-state index is 0.141. The van der Waals surface area contributed by atoms with Gasteiger partial charge < -0.3 is 4.57 Å². The standard InChI is InChI=1S/C40H26N4/c1-40(2)33-15-9-7-13-28(33)31-21-32-29-14-8-10-16-37(29)44(39(32)22-34(31)40)38-18-17-26(20-35(38)42-3)30-19-27(24-43-36(30)23-41)25-11-5-4-6-12-25/h4-22,24H,1-2H3. The number of fused-ring (bicyclic) bond motifs is 6. The van der Waals surface area contributed by atoms with E-state index < -0.39 is 0 Å². The van der Waals surface area contributed by atoms with Crippen molar-refractivity contribution in [2.45, 2.75) is 19.3 Å². The number of para-hydroxylation sites is 1. The van der Waals surface area contributed by atoms with Crippen LogP contribution in [0, 0.1) is 17.9 Å². The number of rotatable bonds is 3. The van der Waals surface area contributed by atoms with Crippen molar-refractivity contribution < 1.29 is 0 Å². The molecule has 2 aromatic heterocycles. The van der Waals surface area contributed by atoms with Crippen molar-refractivity contribution in [1.82, 2.24) is 9.55 Å². The van der Waals surface area contributed by atoms with Crippen molar-refractivity contribution in [3.05, 3.63) is 150 Å². The summed E-state index contributed by atoms with van der Waals surface area (Å²) in [6.45, 7) is 12.8. The van der Waals surface area contributed by atoms with Crippen molar-refractivity contribution in [2.24, 2.45) is 0 Å². The zero-order valence-corrected chi connectivity index (χ0v) is 24.3. The number of hydrogen-bond donors (Lipinski definition) is 0. The lowest BCUT2D eigenvalue weighted by Gasteiger charge is -2.22. The van der Waals surface area contributed by atoms with Crippen LogP contribution in [-0.2, 0) is 5.41 Å². The van der Waals surface area contributed by atoms with Crippen LogP contribution in [0.2, 0.25) is 0 Å². The fraction of sp³-hybridized carbons (Fsp3) is 0.0750. The molecule has 44 heavy (non-hydrogen) atoms. The molecule has 0 aliphatic heterocycles. The first-order chi connectivity index (χ1) is 21.5. The van der Waals surface area contributed by atoms with Crippen molar-refractivity contribution >= 4 is 27.5 Å². The quantitative estimate of drug-likeness (QED) is 0.201. The SMILES string of the molecule is [C-]#[N+]c1cc(-c2cc(-c3ccccc3)cnc2C#N)ccc1-n1c2ccccc2c2cc3c(cc21)C(C)(C)c1ccccc1-3. The summed E-state index contributed by atoms with van der Waals surface area (Å²) in [4.78, 5) is 8.50. The third kappa shape index (κ3) is 3.65. The molecule has 5 aromatic carbocycles. The Kier molecular flexibility index (Phi) is 5.57. The molecule has 0 spiro atoms. The van der Waals surface area contributed by atoms with E-state index in [1.807, 2.05) is 54.6 Å². The molecule has 4 nitrogen and oxygen atoms in total. The molecule has 1 aliphatic rings. The van der Waals surface area contributed by atoms with E-state index in [4.69, 9.17) is 6.57 Å². The van der Waals surface area contributed by atoms with E-state index in [-0.39, 0.29) is 5.41 Å². The van der Waals surface area contributed by atoms with Crippen LogP contribution in [0.15, 0.2) is 121 Å². The number of aromatic nitrogens is 2. The zero-order valence-electron chi connectivity index (χ0n) is 24.3. The predicted molar refractivity (Wildman–Crippen MR) is 178 cm³/mol. The van der Waals surface area contributed by atoms with Gasteiger partial charge in [0.05, 0.1) is 23.3 Å². The van der Waals surface area contributed by atoms with Gasteiger partial charge in [0.15, 0.2) is 0 Å². The van der Waals surface area contributed by atoms with Gasteiger partial charge in [-0.05, 0) is 69.8 Å². The Morgan fingerprint density at radius 2 is 1.45 bits per heavy atom. The summed E-state index contributed by atoms with van der Waals surface area (Å²) >= 11 is 0. The van der Waals surface area contributed by atoms with Crippen molar-refractivity contribution in [2.75, 3.05) is 0 Å². The van der Waals surface area contributed by atoms with E-state index >= 15 is 0 Å². The summed E-state index contributed by atoms with van der Waals surface area (Å²) in [7, 11) is 0. The van der Waals surface area contributed by atoms with Gasteiger partial charge in [0.1, 0.15) is 11.8 Å². The van der Waals surface area contributed by atoms with Gasteiger partial charge in [0.25, 0.3) is 0 Å². The summed E-state index contributed by atoms with van der Waals surface area (Å²) in [5.74, 6) is 0. The summed E-state index contributed by atoms with van der Waals surface area (Å²) in [5, 5.41) is 12.2. The van der Waals surface area contributed by atoms with E-state index in [1.165, 1.54) is 27.6 Å². The summed E-state index contributed by atoms with van der Waals surface area (Å²) < 4.78 is 2.23. The number of benzene rings is 5. The first kappa shape index (κ1) is 25.7. The highest BCUT2D eigenvalue weighted by Gasteiger charge is 2.36. The largest absolute Gasteiger partial charge is 0.319 e. The Bertz CT molecular complexity index is 2380. The van der Waals surface area contributed by atoms with E-state index in [1.54, 1.807) is 6.20 Å². The molecule has 4 heteroatoms. The molecule has 0 radical (unpaired) electrons. The smallest absolute Gasteiger partial charge is 0.211 e. The van der Waals surface area contributed by atoms with E-state index in [0.29, 0.717) is 16.9 Å². The third-order valence-electron chi connectivity index (χ3n) is 9.12. The van der Waals surface area contributed by atoms with E-state index in [9.17, 15) is 5.26 Å². The molecule has 7 aromatic rings. The Balaban J connectivity index is 1.35. The molecule has 0 bridgehead atoms. The van der Waals surface area contributed by atoms with Gasteiger partial charge in [0, 0.05) is 33.5 Å². The van der Waals surface area contributed by atoms with E-state index in [2.05, 4.69) is 95.0 Å². The van der Waals surface area contributed by atoms with Crippen LogP contribution < -0.4 is 0 Å². The maximum Gasteiger partial charge on any atom is 0.211 e. The molecule has 0 unspecified atom stereocenters. The third-order valence-corrected chi connectivity index (χ3v) is 9.12. The van der Waals surface area contributed by atoms with Gasteiger partial charge >= 0.3 is 0 Å². The molecule has 0 saturated heterocycles. The Morgan fingerprint density at radius 1 is 0.682 bits per heavy atom. The monoisotopic (exact) mass is 562 g/mol. The highest BCUT2D eigenvalue weighted by Crippen LogP contribution is 2.51. The van der Waals surface area contributed by atoms with E-state index in [0.717, 1.165) is 38.8 Å². The van der Waals surface area contributed by atoms with Gasteiger partial charge in [0.2, 0.25) is 5.69 Å². The molecule has 8 rings (SSSR count). The van der Waals surface area contributed by atoms with Crippen molar-refractivity contribution in [3.8, 4) is 45.1 Å². The summed E-state index contributed by atoms with van der Waals surface area (Å²) in [6, 6.07) is 41.9. The second kappa shape index (κ2) is 9.53. The topological polar surface area (TPSA) is 46.0 Å². The highest BCUT2D eigenvalue weighted by molar-refractivity contribution is 6.12. The van der Waals surface area contributed by atoms with Crippen LogP contribution in [0.4, 0.5) is 5.69 Å². The maximum atomic E-state index is 9.92. The summed E-state index contributed by atoms with van der Waals surface area (Å²) in [5.41, 5.74) is 12.3. The minimum atomic E-state index is -0.141. The molecule has 0 saturated carbocycles. The van der Waals surface area contributed by atoms with Crippen LogP contribution in [0.25, 0.3) is 65.7 Å². The lowest BCUT2D eigenvalue weighted by Crippen LogP contribution is -2.14. The maximum absolute atomic E-state index is 9.92. The molecule has 0 atom stereocenters. The second-order valence-corrected chi connectivity index (χ2v) is 11.9. The van der Waals surface area contributed by atoms with Gasteiger partial charge in [-0.3, -0.25) is 0 Å². The van der Waals surface area contributed by atoms with Crippen LogP contribution in [-0.4, -0.2) is 9.55 Å². The number of nitriles is 1. The van der Waals surface area contributed by atoms with Gasteiger partial charge in [-0.25, -0.2) is 9.83 Å². The fourth-order valence-electron chi connectivity index (χ4n) is 6.95. The molecule has 0 fully saturated rings. The van der Waals surface area contributed by atoms with Crippen LogP contribution in [0.5, 0.6) is 0 Å². The normalized spacial score (nSPS) is 12.9. The fourth-order valence-corrected chi connectivity index (χ4v) is 6.95. The molecule has 0 N–H and O–H groups in total. The molecular weight excluding hydrogens is 536 g/mol. The second-order valence-electron chi connectivity index (χ2n) is 11.9. The lowest BCUT2D eigenvalue weighted by molar-refractivity contribution is 0.661. The lowest BCUT2D eigenvalue weighted by atomic mass is 9.82. The Morgan fingerprint density at radius 3 is 2.27 bits per heavy atom.